The van der Waals surface area contributed by atoms with Gasteiger partial charge in [0.25, 0.3) is 5.91 Å². The van der Waals surface area contributed by atoms with E-state index in [2.05, 4.69) is 10.6 Å². The Morgan fingerprint density at radius 1 is 0.946 bits per heavy atom. The van der Waals surface area contributed by atoms with E-state index in [1.165, 1.54) is 0 Å². The van der Waals surface area contributed by atoms with Gasteiger partial charge in [0.05, 0.1) is 6.10 Å². The minimum absolute atomic E-state index is 0.00781. The molecule has 8 nitrogen and oxygen atoms in total. The molecule has 8 heteroatoms. The van der Waals surface area contributed by atoms with Crippen LogP contribution in [0, 0.1) is 0 Å². The molecule has 0 radical (unpaired) electrons. The molecule has 0 aliphatic rings. The average Bonchev–Trinajstić information content (AvgIpc) is 2.91. The number of aliphatic hydroxyl groups is 1. The van der Waals surface area contributed by atoms with Crippen LogP contribution >= 0.6 is 0 Å². The number of rotatable bonds is 12. The summed E-state index contributed by atoms with van der Waals surface area (Å²) < 4.78 is 0. The van der Waals surface area contributed by atoms with E-state index < -0.39 is 18.1 Å². The standard InChI is InChI=1S/C29H36N4O4/c1-20(2)33(29(37)23-9-4-3-5-10-23)15-14-27(35)32-26(28(36)31-19-25(34)18-30)17-21-12-13-22-8-6-7-11-24(22)16-21/h3-13,16,20,25-26,34H,14-15,17-19,30H2,1-2H3,(H,31,36)(H,32,35)/t25?,26-/m1/s1. The Hall–Kier alpha value is -3.75. The Morgan fingerprint density at radius 2 is 1.62 bits per heavy atom. The second-order valence-corrected chi connectivity index (χ2v) is 9.35. The maximum Gasteiger partial charge on any atom is 0.254 e. The van der Waals surface area contributed by atoms with Crippen molar-refractivity contribution in [2.75, 3.05) is 19.6 Å². The number of benzene rings is 3. The summed E-state index contributed by atoms with van der Waals surface area (Å²) in [6, 6.07) is 21.8. The second-order valence-electron chi connectivity index (χ2n) is 9.35. The van der Waals surface area contributed by atoms with Crippen molar-refractivity contribution >= 4 is 28.5 Å². The summed E-state index contributed by atoms with van der Waals surface area (Å²) in [6.07, 6.45) is -0.550. The molecule has 0 bridgehead atoms. The molecule has 0 fully saturated rings. The van der Waals surface area contributed by atoms with Gasteiger partial charge in [-0.1, -0.05) is 60.7 Å². The van der Waals surface area contributed by atoms with Crippen molar-refractivity contribution in [2.45, 2.75) is 44.9 Å². The van der Waals surface area contributed by atoms with Crippen molar-refractivity contribution in [1.82, 2.24) is 15.5 Å². The van der Waals surface area contributed by atoms with Crippen LogP contribution in [0.15, 0.2) is 72.8 Å². The summed E-state index contributed by atoms with van der Waals surface area (Å²) in [5.74, 6) is -0.897. The first kappa shape index (κ1) is 27.8. The highest BCUT2D eigenvalue weighted by molar-refractivity contribution is 5.95. The molecule has 3 aromatic rings. The third-order valence-electron chi connectivity index (χ3n) is 6.17. The summed E-state index contributed by atoms with van der Waals surface area (Å²) in [5.41, 5.74) is 6.90. The summed E-state index contributed by atoms with van der Waals surface area (Å²) in [7, 11) is 0. The third kappa shape index (κ3) is 8.13. The highest BCUT2D eigenvalue weighted by atomic mass is 16.3. The minimum Gasteiger partial charge on any atom is -0.390 e. The molecule has 1 unspecified atom stereocenters. The lowest BCUT2D eigenvalue weighted by atomic mass is 10.0. The number of nitrogens with one attached hydrogen (secondary N) is 2. The number of amides is 3. The van der Waals surface area contributed by atoms with Crippen LogP contribution in [-0.2, 0) is 16.0 Å². The molecular weight excluding hydrogens is 468 g/mol. The molecule has 5 N–H and O–H groups in total. The Bertz CT molecular complexity index is 1200. The molecule has 0 spiro atoms. The fourth-order valence-electron chi connectivity index (χ4n) is 4.06. The van der Waals surface area contributed by atoms with Gasteiger partial charge in [-0.25, -0.2) is 0 Å². The van der Waals surface area contributed by atoms with E-state index in [4.69, 9.17) is 5.73 Å². The number of aliphatic hydroxyl groups excluding tert-OH is 1. The third-order valence-corrected chi connectivity index (χ3v) is 6.17. The Balaban J connectivity index is 1.69. The van der Waals surface area contributed by atoms with E-state index in [0.29, 0.717) is 5.56 Å². The number of hydrogen-bond acceptors (Lipinski definition) is 5. The molecule has 2 atom stereocenters. The lowest BCUT2D eigenvalue weighted by Crippen LogP contribution is -2.50. The van der Waals surface area contributed by atoms with Gasteiger partial charge in [0.15, 0.2) is 0 Å². The van der Waals surface area contributed by atoms with E-state index in [0.717, 1.165) is 16.3 Å². The first-order valence-electron chi connectivity index (χ1n) is 12.6. The van der Waals surface area contributed by atoms with Gasteiger partial charge in [0, 0.05) is 44.1 Å². The van der Waals surface area contributed by atoms with Crippen LogP contribution in [0.4, 0.5) is 0 Å². The molecule has 0 heterocycles. The molecule has 3 amide bonds. The topological polar surface area (TPSA) is 125 Å². The van der Waals surface area contributed by atoms with Crippen molar-refractivity contribution in [2.24, 2.45) is 5.73 Å². The number of fused-ring (bicyclic) bond motifs is 1. The maximum atomic E-state index is 13.0. The fraction of sp³-hybridized carbons (Fsp3) is 0.345. The quantitative estimate of drug-likeness (QED) is 0.301. The summed E-state index contributed by atoms with van der Waals surface area (Å²) in [4.78, 5) is 40.5. The van der Waals surface area contributed by atoms with Crippen LogP contribution in [0.25, 0.3) is 10.8 Å². The molecule has 37 heavy (non-hydrogen) atoms. The number of hydrogen-bond donors (Lipinski definition) is 4. The van der Waals surface area contributed by atoms with Crippen LogP contribution in [0.1, 0.15) is 36.2 Å². The normalized spacial score (nSPS) is 12.7. The van der Waals surface area contributed by atoms with E-state index in [1.807, 2.05) is 62.4 Å². The Labute approximate surface area is 217 Å². The van der Waals surface area contributed by atoms with Crippen LogP contribution in [0.2, 0.25) is 0 Å². The van der Waals surface area contributed by atoms with Gasteiger partial charge in [-0.05, 0) is 42.3 Å². The monoisotopic (exact) mass is 504 g/mol. The van der Waals surface area contributed by atoms with E-state index in [9.17, 15) is 19.5 Å². The fourth-order valence-corrected chi connectivity index (χ4v) is 4.06. The zero-order valence-electron chi connectivity index (χ0n) is 21.4. The van der Waals surface area contributed by atoms with Crippen LogP contribution in [0.3, 0.4) is 0 Å². The van der Waals surface area contributed by atoms with Crippen molar-refractivity contribution < 1.29 is 19.5 Å². The zero-order valence-corrected chi connectivity index (χ0v) is 21.4. The van der Waals surface area contributed by atoms with Crippen molar-refractivity contribution in [3.8, 4) is 0 Å². The first-order valence-corrected chi connectivity index (χ1v) is 12.6. The van der Waals surface area contributed by atoms with Crippen LogP contribution in [0.5, 0.6) is 0 Å². The van der Waals surface area contributed by atoms with Crippen molar-refractivity contribution in [3.05, 3.63) is 83.9 Å². The molecule has 0 aliphatic heterocycles. The smallest absolute Gasteiger partial charge is 0.254 e. The Kier molecular flexibility index (Phi) is 10.2. The SMILES string of the molecule is CC(C)N(CCC(=O)N[C@H](Cc1ccc2ccccc2c1)C(=O)NCC(O)CN)C(=O)c1ccccc1. The Morgan fingerprint density at radius 3 is 2.30 bits per heavy atom. The lowest BCUT2D eigenvalue weighted by molar-refractivity contribution is -0.129. The molecule has 196 valence electrons. The minimum atomic E-state index is -0.871. The van der Waals surface area contributed by atoms with E-state index in [1.54, 1.807) is 29.2 Å². The molecular formula is C29H36N4O4. The molecule has 0 aliphatic carbocycles. The zero-order chi connectivity index (χ0) is 26.8. The lowest BCUT2D eigenvalue weighted by Gasteiger charge is -2.27. The molecule has 0 saturated heterocycles. The van der Waals surface area contributed by atoms with Gasteiger partial charge < -0.3 is 26.4 Å². The van der Waals surface area contributed by atoms with Crippen LogP contribution in [-0.4, -0.2) is 65.5 Å². The molecule has 3 aromatic carbocycles. The number of carbonyl (C=O) groups is 3. The van der Waals surface area contributed by atoms with Gasteiger partial charge >= 0.3 is 0 Å². The van der Waals surface area contributed by atoms with Crippen molar-refractivity contribution in [3.63, 3.8) is 0 Å². The highest BCUT2D eigenvalue weighted by Crippen LogP contribution is 2.17. The number of nitrogens with two attached hydrogens (primary N) is 1. The molecule has 0 aromatic heterocycles. The summed E-state index contributed by atoms with van der Waals surface area (Å²) in [6.45, 7) is 4.02. The average molecular weight is 505 g/mol. The number of carbonyl (C=O) groups excluding carboxylic acids is 3. The largest absolute Gasteiger partial charge is 0.390 e. The van der Waals surface area contributed by atoms with Gasteiger partial charge in [0.1, 0.15) is 6.04 Å². The highest BCUT2D eigenvalue weighted by Gasteiger charge is 2.24. The summed E-state index contributed by atoms with van der Waals surface area (Å²) in [5, 5.41) is 17.4. The summed E-state index contributed by atoms with van der Waals surface area (Å²) >= 11 is 0. The van der Waals surface area contributed by atoms with Gasteiger partial charge in [-0.15, -0.1) is 0 Å². The van der Waals surface area contributed by atoms with Gasteiger partial charge in [-0.3, -0.25) is 14.4 Å². The van der Waals surface area contributed by atoms with Gasteiger partial charge in [0.2, 0.25) is 11.8 Å². The molecule has 3 rings (SSSR count). The predicted octanol–water partition coefficient (Wildman–Crippen LogP) is 2.24. The van der Waals surface area contributed by atoms with Crippen molar-refractivity contribution in [1.29, 1.82) is 0 Å². The second kappa shape index (κ2) is 13.5. The predicted molar refractivity (Wildman–Crippen MR) is 145 cm³/mol. The van der Waals surface area contributed by atoms with Crippen LogP contribution < -0.4 is 16.4 Å². The van der Waals surface area contributed by atoms with Gasteiger partial charge in [-0.2, -0.15) is 0 Å². The van der Waals surface area contributed by atoms with E-state index >= 15 is 0 Å². The first-order chi connectivity index (χ1) is 17.8. The molecule has 0 saturated carbocycles. The van der Waals surface area contributed by atoms with E-state index in [-0.39, 0.29) is 50.3 Å². The maximum absolute atomic E-state index is 13.0. The number of nitrogens with zero attached hydrogens (tertiary/aromatic N) is 1.